The second-order valence-electron chi connectivity index (χ2n) is 5.90. The molecule has 0 bridgehead atoms. The van der Waals surface area contributed by atoms with Crippen molar-refractivity contribution in [3.05, 3.63) is 58.9 Å². The molecule has 0 atom stereocenters. The highest BCUT2D eigenvalue weighted by Gasteiger charge is 2.16. The van der Waals surface area contributed by atoms with Gasteiger partial charge in [-0.1, -0.05) is 23.7 Å². The molecule has 1 heterocycles. The van der Waals surface area contributed by atoms with E-state index in [2.05, 4.69) is 0 Å². The largest absolute Gasteiger partial charge is 0.489 e. The van der Waals surface area contributed by atoms with Gasteiger partial charge in [-0.3, -0.25) is 4.79 Å². The standard InChI is InChI=1S/C20H19ClFNO4/c1-23(8-9-25-17-5-3-2-4-16(17)22)19(24)7-6-14-12-15(21)20-18(13-14)26-10-11-27-20/h2-7,12-13H,8-11H2,1H3. The third-order valence-corrected chi connectivity index (χ3v) is 4.22. The number of hydrogen-bond acceptors (Lipinski definition) is 4. The number of nitrogens with zero attached hydrogens (tertiary/aromatic N) is 1. The molecule has 0 saturated carbocycles. The zero-order valence-corrected chi connectivity index (χ0v) is 15.5. The Balaban J connectivity index is 1.55. The molecule has 0 aliphatic carbocycles. The van der Waals surface area contributed by atoms with Crippen molar-refractivity contribution in [3.63, 3.8) is 0 Å². The molecule has 0 N–H and O–H groups in total. The zero-order valence-electron chi connectivity index (χ0n) is 14.8. The number of carbonyl (C=O) groups is 1. The molecule has 1 aliphatic rings. The highest BCUT2D eigenvalue weighted by Crippen LogP contribution is 2.38. The number of hydrogen-bond donors (Lipinski definition) is 0. The second kappa shape index (κ2) is 8.77. The quantitative estimate of drug-likeness (QED) is 0.703. The van der Waals surface area contributed by atoms with E-state index in [1.165, 1.54) is 17.0 Å². The molecule has 2 aromatic carbocycles. The summed E-state index contributed by atoms with van der Waals surface area (Å²) < 4.78 is 29.8. The zero-order chi connectivity index (χ0) is 19.2. The topological polar surface area (TPSA) is 48.0 Å². The van der Waals surface area contributed by atoms with Crippen LogP contribution in [0.25, 0.3) is 6.08 Å². The Bertz CT molecular complexity index is 856. The Morgan fingerprint density at radius 3 is 2.89 bits per heavy atom. The van der Waals surface area contributed by atoms with E-state index in [1.54, 1.807) is 43.5 Å². The highest BCUT2D eigenvalue weighted by atomic mass is 35.5. The summed E-state index contributed by atoms with van der Waals surface area (Å²) in [6, 6.07) is 9.63. The van der Waals surface area contributed by atoms with Crippen molar-refractivity contribution in [2.75, 3.05) is 33.4 Å². The number of halogens is 2. The molecule has 0 fully saturated rings. The van der Waals surface area contributed by atoms with Gasteiger partial charge in [0.15, 0.2) is 23.1 Å². The fourth-order valence-corrected chi connectivity index (χ4v) is 2.76. The van der Waals surface area contributed by atoms with Gasteiger partial charge in [-0.15, -0.1) is 0 Å². The van der Waals surface area contributed by atoms with Gasteiger partial charge < -0.3 is 19.1 Å². The van der Waals surface area contributed by atoms with Gasteiger partial charge >= 0.3 is 0 Å². The van der Waals surface area contributed by atoms with E-state index < -0.39 is 5.82 Å². The maximum Gasteiger partial charge on any atom is 0.246 e. The Kier molecular flexibility index (Phi) is 6.19. The van der Waals surface area contributed by atoms with Crippen LogP contribution < -0.4 is 14.2 Å². The van der Waals surface area contributed by atoms with Crippen molar-refractivity contribution in [2.24, 2.45) is 0 Å². The van der Waals surface area contributed by atoms with Gasteiger partial charge in [-0.2, -0.15) is 0 Å². The first-order chi connectivity index (χ1) is 13.0. The summed E-state index contributed by atoms with van der Waals surface area (Å²) in [7, 11) is 1.65. The fourth-order valence-electron chi connectivity index (χ4n) is 2.49. The first-order valence-electron chi connectivity index (χ1n) is 8.44. The lowest BCUT2D eigenvalue weighted by Crippen LogP contribution is -2.29. The van der Waals surface area contributed by atoms with Crippen LogP contribution in [0.3, 0.4) is 0 Å². The van der Waals surface area contributed by atoms with Crippen LogP contribution >= 0.6 is 11.6 Å². The summed E-state index contributed by atoms with van der Waals surface area (Å²) in [6.45, 7) is 1.42. The third kappa shape index (κ3) is 4.92. The van der Waals surface area contributed by atoms with Crippen LogP contribution in [0.5, 0.6) is 17.2 Å². The van der Waals surface area contributed by atoms with E-state index >= 15 is 0 Å². The molecule has 3 rings (SSSR count). The Morgan fingerprint density at radius 1 is 1.30 bits per heavy atom. The first kappa shape index (κ1) is 19.0. The number of ether oxygens (including phenoxy) is 3. The van der Waals surface area contributed by atoms with Gasteiger partial charge in [-0.05, 0) is 35.9 Å². The Labute approximate surface area is 161 Å². The van der Waals surface area contributed by atoms with Gasteiger partial charge in [0.1, 0.15) is 19.8 Å². The first-order valence-corrected chi connectivity index (χ1v) is 8.82. The summed E-state index contributed by atoms with van der Waals surface area (Å²) in [5.41, 5.74) is 0.730. The molecule has 5 nitrogen and oxygen atoms in total. The summed E-state index contributed by atoms with van der Waals surface area (Å²) in [5.74, 6) is 0.612. The highest BCUT2D eigenvalue weighted by molar-refractivity contribution is 6.32. The number of benzene rings is 2. The molecule has 142 valence electrons. The van der Waals surface area contributed by atoms with E-state index in [1.807, 2.05) is 0 Å². The number of para-hydroxylation sites is 1. The van der Waals surface area contributed by atoms with Crippen LogP contribution in [-0.4, -0.2) is 44.2 Å². The predicted molar refractivity (Wildman–Crippen MR) is 101 cm³/mol. The number of fused-ring (bicyclic) bond motifs is 1. The average molecular weight is 392 g/mol. The van der Waals surface area contributed by atoms with Gasteiger partial charge in [-0.25, -0.2) is 4.39 Å². The lowest BCUT2D eigenvalue weighted by molar-refractivity contribution is -0.125. The van der Waals surface area contributed by atoms with Crippen LogP contribution in [0.15, 0.2) is 42.5 Å². The molecule has 2 aromatic rings. The van der Waals surface area contributed by atoms with Crippen molar-refractivity contribution in [1.29, 1.82) is 0 Å². The van der Waals surface area contributed by atoms with Crippen molar-refractivity contribution >= 4 is 23.6 Å². The molecule has 0 unspecified atom stereocenters. The van der Waals surface area contributed by atoms with Gasteiger partial charge in [0.2, 0.25) is 5.91 Å². The van der Waals surface area contributed by atoms with Crippen molar-refractivity contribution in [1.82, 2.24) is 4.90 Å². The third-order valence-electron chi connectivity index (χ3n) is 3.93. The molecular weight excluding hydrogens is 373 g/mol. The predicted octanol–water partition coefficient (Wildman–Crippen LogP) is 3.80. The lowest BCUT2D eigenvalue weighted by atomic mass is 10.1. The van der Waals surface area contributed by atoms with Gasteiger partial charge in [0.25, 0.3) is 0 Å². The van der Waals surface area contributed by atoms with Crippen LogP contribution in [0.2, 0.25) is 5.02 Å². The minimum absolute atomic E-state index is 0.166. The minimum atomic E-state index is -0.429. The van der Waals surface area contributed by atoms with Crippen LogP contribution in [0, 0.1) is 5.82 Å². The summed E-state index contributed by atoms with van der Waals surface area (Å²) in [6.07, 6.45) is 3.09. The second-order valence-corrected chi connectivity index (χ2v) is 6.31. The summed E-state index contributed by atoms with van der Waals surface area (Å²) in [4.78, 5) is 13.7. The maximum absolute atomic E-state index is 13.5. The normalized spacial score (nSPS) is 12.9. The van der Waals surface area contributed by atoms with Gasteiger partial charge in [0.05, 0.1) is 11.6 Å². The number of likely N-dealkylation sites (N-methyl/N-ethyl adjacent to an activating group) is 1. The number of carbonyl (C=O) groups excluding carboxylic acids is 1. The molecule has 0 radical (unpaired) electrons. The molecule has 0 saturated heterocycles. The van der Waals surface area contributed by atoms with E-state index in [-0.39, 0.29) is 18.3 Å². The molecule has 1 aliphatic heterocycles. The van der Waals surface area contributed by atoms with E-state index in [4.69, 9.17) is 25.8 Å². The Hall–Kier alpha value is -2.73. The molecule has 7 heteroatoms. The Morgan fingerprint density at radius 2 is 2.07 bits per heavy atom. The number of rotatable bonds is 6. The molecule has 0 spiro atoms. The monoisotopic (exact) mass is 391 g/mol. The maximum atomic E-state index is 13.5. The van der Waals surface area contributed by atoms with E-state index in [0.717, 1.165) is 5.56 Å². The molecule has 0 aromatic heterocycles. The van der Waals surface area contributed by atoms with E-state index in [9.17, 15) is 9.18 Å². The fraction of sp³-hybridized carbons (Fsp3) is 0.250. The lowest BCUT2D eigenvalue weighted by Gasteiger charge is -2.19. The van der Waals surface area contributed by atoms with Crippen molar-refractivity contribution in [3.8, 4) is 17.2 Å². The van der Waals surface area contributed by atoms with Crippen molar-refractivity contribution in [2.45, 2.75) is 0 Å². The molecule has 1 amide bonds. The number of amides is 1. The summed E-state index contributed by atoms with van der Waals surface area (Å²) in [5, 5.41) is 0.436. The van der Waals surface area contributed by atoms with Crippen LogP contribution in [-0.2, 0) is 4.79 Å². The van der Waals surface area contributed by atoms with Crippen molar-refractivity contribution < 1.29 is 23.4 Å². The smallest absolute Gasteiger partial charge is 0.246 e. The van der Waals surface area contributed by atoms with E-state index in [0.29, 0.717) is 36.3 Å². The molecule has 27 heavy (non-hydrogen) atoms. The van der Waals surface area contributed by atoms with Crippen LogP contribution in [0.4, 0.5) is 4.39 Å². The van der Waals surface area contributed by atoms with Crippen LogP contribution in [0.1, 0.15) is 5.56 Å². The van der Waals surface area contributed by atoms with Gasteiger partial charge in [0, 0.05) is 13.1 Å². The minimum Gasteiger partial charge on any atom is -0.489 e. The molecular formula is C20H19ClFNO4. The summed E-state index contributed by atoms with van der Waals surface area (Å²) >= 11 is 6.18. The SMILES string of the molecule is CN(CCOc1ccccc1F)C(=O)C=Cc1cc(Cl)c2c(c1)OCCO2. The average Bonchev–Trinajstić information content (AvgIpc) is 2.67.